The van der Waals surface area contributed by atoms with Crippen LogP contribution >= 0.6 is 15.9 Å². The molecule has 0 aliphatic carbocycles. The Morgan fingerprint density at radius 2 is 2.04 bits per heavy atom. The Kier molecular flexibility index (Phi) is 5.79. The minimum Gasteiger partial charge on any atom is -0.354 e. The van der Waals surface area contributed by atoms with Crippen molar-refractivity contribution >= 4 is 33.5 Å². The summed E-state index contributed by atoms with van der Waals surface area (Å²) in [7, 11) is 0. The van der Waals surface area contributed by atoms with E-state index in [2.05, 4.69) is 77.7 Å². The zero-order chi connectivity index (χ0) is 19.4. The lowest BCUT2D eigenvalue weighted by Gasteiger charge is -2.14. The van der Waals surface area contributed by atoms with Crippen LogP contribution in [0.1, 0.15) is 44.1 Å². The fourth-order valence-corrected chi connectivity index (χ4v) is 2.84. The van der Waals surface area contributed by atoms with Crippen LogP contribution in [0.4, 0.5) is 17.6 Å². The van der Waals surface area contributed by atoms with E-state index < -0.39 is 0 Å². The number of halogens is 1. The third-order valence-electron chi connectivity index (χ3n) is 4.22. The summed E-state index contributed by atoms with van der Waals surface area (Å²) < 4.78 is 0.780. The standard InChI is InChI=1S/C18H25BrN8/c1-11-12(9-22-25-11)6-5-7-20-17-21-10-13(19)16(24-17)23-15-8-14(26-27-15)18(2,3)4/h8-10H,5-7H2,1-4H3,(H,22,25)(H3,20,21,23,24,26,27). The molecule has 4 N–H and O–H groups in total. The molecule has 3 rings (SSSR count). The summed E-state index contributed by atoms with van der Waals surface area (Å²) >= 11 is 3.49. The van der Waals surface area contributed by atoms with Gasteiger partial charge in [0.1, 0.15) is 0 Å². The van der Waals surface area contributed by atoms with Crippen molar-refractivity contribution < 1.29 is 0 Å². The van der Waals surface area contributed by atoms with Gasteiger partial charge in [0.05, 0.1) is 10.2 Å². The Morgan fingerprint density at radius 3 is 2.70 bits per heavy atom. The number of aromatic nitrogens is 6. The van der Waals surface area contributed by atoms with Crippen molar-refractivity contribution in [3.63, 3.8) is 0 Å². The summed E-state index contributed by atoms with van der Waals surface area (Å²) in [5, 5.41) is 20.9. The Hall–Kier alpha value is -2.42. The molecule has 3 aromatic rings. The lowest BCUT2D eigenvalue weighted by molar-refractivity contribution is 0.567. The van der Waals surface area contributed by atoms with Crippen molar-refractivity contribution in [3.05, 3.63) is 39.9 Å². The van der Waals surface area contributed by atoms with Crippen molar-refractivity contribution in [2.45, 2.75) is 46.0 Å². The van der Waals surface area contributed by atoms with E-state index in [4.69, 9.17) is 0 Å². The number of nitrogens with one attached hydrogen (secondary N) is 4. The molecule has 0 aliphatic rings. The van der Waals surface area contributed by atoms with Gasteiger partial charge in [0.15, 0.2) is 11.6 Å². The van der Waals surface area contributed by atoms with E-state index in [0.29, 0.717) is 11.8 Å². The van der Waals surface area contributed by atoms with E-state index in [0.717, 1.165) is 41.1 Å². The van der Waals surface area contributed by atoms with Gasteiger partial charge in [-0.25, -0.2) is 4.98 Å². The molecule has 144 valence electrons. The number of anilines is 3. The average Bonchev–Trinajstić information content (AvgIpc) is 3.23. The van der Waals surface area contributed by atoms with Crippen LogP contribution in [0.5, 0.6) is 0 Å². The Balaban J connectivity index is 1.59. The molecule has 0 spiro atoms. The van der Waals surface area contributed by atoms with Crippen LogP contribution in [-0.2, 0) is 11.8 Å². The van der Waals surface area contributed by atoms with Crippen LogP contribution in [0.2, 0.25) is 0 Å². The monoisotopic (exact) mass is 432 g/mol. The number of H-pyrrole nitrogens is 2. The number of hydrogen-bond donors (Lipinski definition) is 4. The van der Waals surface area contributed by atoms with Crippen LogP contribution in [0.25, 0.3) is 0 Å². The van der Waals surface area contributed by atoms with Gasteiger partial charge in [0.2, 0.25) is 5.95 Å². The van der Waals surface area contributed by atoms with Crippen LogP contribution < -0.4 is 10.6 Å². The number of hydrogen-bond acceptors (Lipinski definition) is 6. The van der Waals surface area contributed by atoms with Gasteiger partial charge in [-0.2, -0.15) is 15.2 Å². The average molecular weight is 433 g/mol. The molecule has 3 heterocycles. The highest BCUT2D eigenvalue weighted by Crippen LogP contribution is 2.26. The van der Waals surface area contributed by atoms with Gasteiger partial charge in [0.25, 0.3) is 0 Å². The quantitative estimate of drug-likeness (QED) is 0.419. The first kappa shape index (κ1) is 19.3. The van der Waals surface area contributed by atoms with E-state index >= 15 is 0 Å². The van der Waals surface area contributed by atoms with Gasteiger partial charge in [-0.1, -0.05) is 20.8 Å². The summed E-state index contributed by atoms with van der Waals surface area (Å²) in [6, 6.07) is 1.99. The van der Waals surface area contributed by atoms with E-state index in [1.54, 1.807) is 6.20 Å². The molecule has 0 amide bonds. The molecule has 0 saturated carbocycles. The van der Waals surface area contributed by atoms with Gasteiger partial charge in [0, 0.05) is 36.1 Å². The van der Waals surface area contributed by atoms with Gasteiger partial charge in [-0.3, -0.25) is 10.2 Å². The SMILES string of the molecule is Cc1n[nH]cc1CCCNc1ncc(Br)c(Nc2cc(C(C)(C)C)[nH]n2)n1. The lowest BCUT2D eigenvalue weighted by Crippen LogP contribution is -2.11. The minimum absolute atomic E-state index is 0.00981. The molecule has 0 bridgehead atoms. The summed E-state index contributed by atoms with van der Waals surface area (Å²) in [5.41, 5.74) is 3.36. The van der Waals surface area contributed by atoms with Crippen LogP contribution in [0, 0.1) is 6.92 Å². The fourth-order valence-electron chi connectivity index (χ4n) is 2.55. The molecule has 0 atom stereocenters. The van der Waals surface area contributed by atoms with Gasteiger partial charge >= 0.3 is 0 Å². The second-order valence-corrected chi connectivity index (χ2v) is 8.31. The summed E-state index contributed by atoms with van der Waals surface area (Å²) in [5.74, 6) is 1.97. The Morgan fingerprint density at radius 1 is 1.22 bits per heavy atom. The fraction of sp³-hybridized carbons (Fsp3) is 0.444. The van der Waals surface area contributed by atoms with E-state index in [9.17, 15) is 0 Å². The predicted molar refractivity (Wildman–Crippen MR) is 110 cm³/mol. The lowest BCUT2D eigenvalue weighted by atomic mass is 9.92. The summed E-state index contributed by atoms with van der Waals surface area (Å²) in [4.78, 5) is 8.86. The maximum atomic E-state index is 4.54. The van der Waals surface area contributed by atoms with Crippen molar-refractivity contribution in [3.8, 4) is 0 Å². The van der Waals surface area contributed by atoms with Gasteiger partial charge in [-0.05, 0) is 41.3 Å². The normalized spacial score (nSPS) is 11.6. The molecule has 3 aromatic heterocycles. The minimum atomic E-state index is 0.00981. The third-order valence-corrected chi connectivity index (χ3v) is 4.80. The topological polar surface area (TPSA) is 107 Å². The number of nitrogens with zero attached hydrogens (tertiary/aromatic N) is 4. The van der Waals surface area contributed by atoms with Gasteiger partial charge < -0.3 is 10.6 Å². The van der Waals surface area contributed by atoms with E-state index in [-0.39, 0.29) is 5.41 Å². The van der Waals surface area contributed by atoms with Crippen LogP contribution in [-0.4, -0.2) is 36.9 Å². The van der Waals surface area contributed by atoms with Crippen LogP contribution in [0.3, 0.4) is 0 Å². The predicted octanol–water partition coefficient (Wildman–Crippen LogP) is 4.08. The molecule has 0 unspecified atom stereocenters. The van der Waals surface area contributed by atoms with Crippen molar-refractivity contribution in [1.29, 1.82) is 0 Å². The smallest absolute Gasteiger partial charge is 0.224 e. The van der Waals surface area contributed by atoms with E-state index in [1.165, 1.54) is 5.56 Å². The number of rotatable bonds is 7. The first-order valence-electron chi connectivity index (χ1n) is 8.91. The maximum absolute atomic E-state index is 4.54. The first-order valence-corrected chi connectivity index (χ1v) is 9.71. The molecule has 27 heavy (non-hydrogen) atoms. The second kappa shape index (κ2) is 8.08. The molecule has 0 aliphatic heterocycles. The molecule has 0 radical (unpaired) electrons. The van der Waals surface area contributed by atoms with Crippen molar-refractivity contribution in [2.75, 3.05) is 17.2 Å². The van der Waals surface area contributed by atoms with Gasteiger partial charge in [-0.15, -0.1) is 0 Å². The second-order valence-electron chi connectivity index (χ2n) is 7.46. The first-order chi connectivity index (χ1) is 12.8. The van der Waals surface area contributed by atoms with E-state index in [1.807, 2.05) is 19.2 Å². The number of aromatic amines is 2. The highest BCUT2D eigenvalue weighted by atomic mass is 79.9. The Labute approximate surface area is 167 Å². The summed E-state index contributed by atoms with van der Waals surface area (Å²) in [6.45, 7) is 9.20. The van der Waals surface area contributed by atoms with Crippen LogP contribution in [0.15, 0.2) is 22.9 Å². The zero-order valence-corrected chi connectivity index (χ0v) is 17.6. The maximum Gasteiger partial charge on any atom is 0.224 e. The summed E-state index contributed by atoms with van der Waals surface area (Å²) in [6.07, 6.45) is 5.61. The van der Waals surface area contributed by atoms with Crippen molar-refractivity contribution in [1.82, 2.24) is 30.4 Å². The Bertz CT molecular complexity index is 893. The third kappa shape index (κ3) is 5.06. The molecule has 8 nitrogen and oxygen atoms in total. The zero-order valence-electron chi connectivity index (χ0n) is 16.0. The molecule has 0 fully saturated rings. The highest BCUT2D eigenvalue weighted by molar-refractivity contribution is 9.10. The largest absolute Gasteiger partial charge is 0.354 e. The molecule has 0 aromatic carbocycles. The molecular weight excluding hydrogens is 408 g/mol. The van der Waals surface area contributed by atoms with Crippen molar-refractivity contribution in [2.24, 2.45) is 0 Å². The molecule has 9 heteroatoms. The molecular formula is C18H25BrN8. The highest BCUT2D eigenvalue weighted by Gasteiger charge is 2.17. The number of aryl methyl sites for hydroxylation is 2. The molecule has 0 saturated heterocycles.